The quantitative estimate of drug-likeness (QED) is 0.783. The second-order valence-electron chi connectivity index (χ2n) is 7.95. The molecule has 6 heteroatoms. The highest BCUT2D eigenvalue weighted by Gasteiger charge is 2.52. The normalized spacial score (nSPS) is 22.3. The third-order valence-corrected chi connectivity index (χ3v) is 5.56. The molecule has 136 valence electrons. The van der Waals surface area contributed by atoms with Crippen molar-refractivity contribution in [3.8, 4) is 0 Å². The van der Waals surface area contributed by atoms with Crippen molar-refractivity contribution in [3.63, 3.8) is 0 Å². The Kier molecular flexibility index (Phi) is 4.97. The van der Waals surface area contributed by atoms with Crippen molar-refractivity contribution < 1.29 is 18.8 Å². The Morgan fingerprint density at radius 3 is 2.28 bits per heavy atom. The van der Waals surface area contributed by atoms with Gasteiger partial charge >= 0.3 is 7.12 Å². The first-order valence-electron chi connectivity index (χ1n) is 9.00. The van der Waals surface area contributed by atoms with Gasteiger partial charge in [-0.3, -0.25) is 4.79 Å². The van der Waals surface area contributed by atoms with Gasteiger partial charge in [-0.25, -0.2) is 0 Å². The zero-order valence-corrected chi connectivity index (χ0v) is 15.9. The second-order valence-corrected chi connectivity index (χ2v) is 7.95. The van der Waals surface area contributed by atoms with E-state index in [0.717, 1.165) is 16.6 Å². The van der Waals surface area contributed by atoms with Crippen LogP contribution in [0.2, 0.25) is 0 Å². The largest absolute Gasteiger partial charge is 0.495 e. The number of morpholine rings is 1. The minimum absolute atomic E-state index is 0.158. The summed E-state index contributed by atoms with van der Waals surface area (Å²) in [5.41, 5.74) is 2.44. The Balaban J connectivity index is 1.70. The molecule has 0 atom stereocenters. The smallest absolute Gasteiger partial charge is 0.399 e. The number of amides is 1. The third kappa shape index (κ3) is 3.76. The van der Waals surface area contributed by atoms with Crippen molar-refractivity contribution in [1.29, 1.82) is 0 Å². The lowest BCUT2D eigenvalue weighted by Gasteiger charge is -2.32. The molecule has 1 amide bonds. The summed E-state index contributed by atoms with van der Waals surface area (Å²) in [5, 5.41) is 0. The van der Waals surface area contributed by atoms with Gasteiger partial charge in [0.15, 0.2) is 0 Å². The van der Waals surface area contributed by atoms with Crippen LogP contribution in [0.4, 0.5) is 0 Å². The van der Waals surface area contributed by atoms with Gasteiger partial charge in [-0.1, -0.05) is 23.8 Å². The molecule has 0 N–H and O–H groups in total. The van der Waals surface area contributed by atoms with E-state index in [1.165, 1.54) is 0 Å². The fourth-order valence-corrected chi connectivity index (χ4v) is 3.18. The van der Waals surface area contributed by atoms with Crippen LogP contribution in [-0.2, 0) is 25.3 Å². The average molecular weight is 345 g/mol. The second kappa shape index (κ2) is 6.74. The van der Waals surface area contributed by atoms with Crippen LogP contribution in [-0.4, -0.2) is 55.4 Å². The first-order chi connectivity index (χ1) is 11.7. The van der Waals surface area contributed by atoms with Crippen LogP contribution in [0.15, 0.2) is 18.2 Å². The highest BCUT2D eigenvalue weighted by atomic mass is 16.7. The fourth-order valence-electron chi connectivity index (χ4n) is 3.18. The summed E-state index contributed by atoms with van der Waals surface area (Å²) in [6, 6.07) is 6.10. The van der Waals surface area contributed by atoms with Gasteiger partial charge in [-0.2, -0.15) is 0 Å². The maximum absolute atomic E-state index is 12.4. The molecule has 0 saturated carbocycles. The summed E-state index contributed by atoms with van der Waals surface area (Å²) in [5.74, 6) is 0.158. The lowest BCUT2D eigenvalue weighted by atomic mass is 9.75. The van der Waals surface area contributed by atoms with Crippen molar-refractivity contribution in [2.45, 2.75) is 52.2 Å². The van der Waals surface area contributed by atoms with Gasteiger partial charge in [0.25, 0.3) is 0 Å². The Hall–Kier alpha value is -1.37. The van der Waals surface area contributed by atoms with Crippen LogP contribution in [0.5, 0.6) is 0 Å². The molecule has 0 radical (unpaired) electrons. The minimum Gasteiger partial charge on any atom is -0.399 e. The molecule has 2 aliphatic heterocycles. The van der Waals surface area contributed by atoms with Gasteiger partial charge in [-0.15, -0.1) is 0 Å². The number of benzene rings is 1. The topological polar surface area (TPSA) is 48.0 Å². The summed E-state index contributed by atoms with van der Waals surface area (Å²) in [6.45, 7) is 12.9. The Labute approximate surface area is 150 Å². The van der Waals surface area contributed by atoms with E-state index in [2.05, 4.69) is 33.8 Å². The van der Waals surface area contributed by atoms with E-state index in [-0.39, 0.29) is 24.2 Å². The zero-order valence-electron chi connectivity index (χ0n) is 15.9. The molecule has 0 aliphatic carbocycles. The molecule has 1 aromatic carbocycles. The molecule has 2 fully saturated rings. The number of aryl methyl sites for hydroxylation is 1. The van der Waals surface area contributed by atoms with E-state index in [1.54, 1.807) is 0 Å². The van der Waals surface area contributed by atoms with Crippen LogP contribution in [0.1, 0.15) is 38.8 Å². The number of hydrogen-bond acceptors (Lipinski definition) is 4. The Bertz CT molecular complexity index is 637. The third-order valence-electron chi connectivity index (χ3n) is 5.56. The molecular weight excluding hydrogens is 317 g/mol. The molecule has 2 heterocycles. The average Bonchev–Trinajstić information content (AvgIpc) is 2.76. The molecule has 25 heavy (non-hydrogen) atoms. The number of nitrogens with zero attached hydrogens (tertiary/aromatic N) is 1. The van der Waals surface area contributed by atoms with Crippen molar-refractivity contribution in [1.82, 2.24) is 4.90 Å². The Morgan fingerprint density at radius 1 is 1.12 bits per heavy atom. The van der Waals surface area contributed by atoms with Crippen LogP contribution in [0.3, 0.4) is 0 Å². The fraction of sp³-hybridized carbons (Fsp3) is 0.632. The molecule has 1 aromatic rings. The van der Waals surface area contributed by atoms with Crippen molar-refractivity contribution in [3.05, 3.63) is 29.3 Å². The Morgan fingerprint density at radius 2 is 1.72 bits per heavy atom. The summed E-state index contributed by atoms with van der Waals surface area (Å²) < 4.78 is 17.6. The lowest BCUT2D eigenvalue weighted by Crippen LogP contribution is -2.41. The SMILES string of the molecule is Cc1cc(CC(=O)N2CCOCC2)ccc1B1OC(C)(C)C(C)(C)O1. The molecule has 2 saturated heterocycles. The monoisotopic (exact) mass is 345 g/mol. The predicted octanol–water partition coefficient (Wildman–Crippen LogP) is 1.70. The molecule has 3 rings (SSSR count). The van der Waals surface area contributed by atoms with Gasteiger partial charge in [0.05, 0.1) is 30.8 Å². The lowest BCUT2D eigenvalue weighted by molar-refractivity contribution is -0.134. The maximum Gasteiger partial charge on any atom is 0.495 e. The number of hydrogen-bond donors (Lipinski definition) is 0. The molecule has 0 unspecified atom stereocenters. The van der Waals surface area contributed by atoms with Crippen LogP contribution < -0.4 is 5.46 Å². The first-order valence-corrected chi connectivity index (χ1v) is 9.00. The highest BCUT2D eigenvalue weighted by molar-refractivity contribution is 6.62. The van der Waals surface area contributed by atoms with E-state index >= 15 is 0 Å². The number of ether oxygens (including phenoxy) is 1. The van der Waals surface area contributed by atoms with Gasteiger partial charge in [-0.05, 0) is 45.6 Å². The zero-order chi connectivity index (χ0) is 18.2. The minimum atomic E-state index is -0.367. The van der Waals surface area contributed by atoms with E-state index in [4.69, 9.17) is 14.0 Å². The molecule has 5 nitrogen and oxygen atoms in total. The molecule has 0 aromatic heterocycles. The van der Waals surface area contributed by atoms with Crippen molar-refractivity contribution in [2.24, 2.45) is 0 Å². The summed E-state index contributed by atoms with van der Waals surface area (Å²) in [7, 11) is -0.367. The predicted molar refractivity (Wildman–Crippen MR) is 98.0 cm³/mol. The van der Waals surface area contributed by atoms with Gasteiger partial charge in [0, 0.05) is 13.1 Å². The number of rotatable bonds is 3. The van der Waals surface area contributed by atoms with Crippen molar-refractivity contribution in [2.75, 3.05) is 26.3 Å². The van der Waals surface area contributed by atoms with E-state index in [9.17, 15) is 4.79 Å². The van der Waals surface area contributed by atoms with Crippen LogP contribution in [0, 0.1) is 6.92 Å². The van der Waals surface area contributed by atoms with E-state index in [1.807, 2.05) is 24.0 Å². The van der Waals surface area contributed by atoms with E-state index in [0.29, 0.717) is 32.7 Å². The first kappa shape index (κ1) is 18.4. The van der Waals surface area contributed by atoms with Crippen molar-refractivity contribution >= 4 is 18.5 Å². The van der Waals surface area contributed by atoms with Gasteiger partial charge < -0.3 is 18.9 Å². The molecular formula is C19H28BNO4. The number of carbonyl (C=O) groups excluding carboxylic acids is 1. The summed E-state index contributed by atoms with van der Waals surface area (Å²) in [6.07, 6.45) is 0.421. The van der Waals surface area contributed by atoms with Crippen LogP contribution >= 0.6 is 0 Å². The highest BCUT2D eigenvalue weighted by Crippen LogP contribution is 2.36. The maximum atomic E-state index is 12.4. The molecule has 2 aliphatic rings. The standard InChI is InChI=1S/C19H28BNO4/c1-14-12-15(13-17(22)21-8-10-23-11-9-21)6-7-16(14)20-24-18(2,3)19(4,5)25-20/h6-7,12H,8-11,13H2,1-5H3. The summed E-state index contributed by atoms with van der Waals surface area (Å²) >= 11 is 0. The van der Waals surface area contributed by atoms with Crippen LogP contribution in [0.25, 0.3) is 0 Å². The van der Waals surface area contributed by atoms with Gasteiger partial charge in [0.1, 0.15) is 0 Å². The summed E-state index contributed by atoms with van der Waals surface area (Å²) in [4.78, 5) is 14.3. The number of carbonyl (C=O) groups is 1. The van der Waals surface area contributed by atoms with E-state index < -0.39 is 0 Å². The van der Waals surface area contributed by atoms with Gasteiger partial charge in [0.2, 0.25) is 5.91 Å². The molecule has 0 spiro atoms. The molecule has 0 bridgehead atoms.